The predicted molar refractivity (Wildman–Crippen MR) is 106 cm³/mol. The van der Waals surface area contributed by atoms with E-state index >= 15 is 0 Å². The Balaban J connectivity index is 0. The topological polar surface area (TPSA) is 127 Å². The molecule has 0 aromatic heterocycles. The maximum Gasteiger partial charge on any atom is 1.00 e. The molecule has 0 aromatic carbocycles. The fourth-order valence-corrected chi connectivity index (χ4v) is 4.72. The molecule has 0 aliphatic heterocycles. The Morgan fingerprint density at radius 3 is 1.64 bits per heavy atom. The van der Waals surface area contributed by atoms with Crippen molar-refractivity contribution in [3.63, 3.8) is 0 Å². The van der Waals surface area contributed by atoms with E-state index in [-0.39, 0.29) is 29.6 Å². The minimum atomic E-state index is -5.15. The summed E-state index contributed by atoms with van der Waals surface area (Å²) in [6.07, 6.45) is 19.2. The van der Waals surface area contributed by atoms with Crippen LogP contribution in [0.2, 0.25) is 0 Å². The van der Waals surface area contributed by atoms with Gasteiger partial charge in [0.15, 0.2) is 0 Å². The molecular weight excluding hydrogens is 413 g/mol. The minimum Gasteiger partial charge on any atom is -0.767 e. The van der Waals surface area contributed by atoms with Gasteiger partial charge in [0, 0.05) is 0 Å². The van der Waals surface area contributed by atoms with Crippen LogP contribution in [0.25, 0.3) is 0 Å². The van der Waals surface area contributed by atoms with Crippen LogP contribution in [0.3, 0.4) is 0 Å². The summed E-state index contributed by atoms with van der Waals surface area (Å²) in [5, 5.41) is 9.04. The van der Waals surface area contributed by atoms with Crippen LogP contribution < -0.4 is 34.5 Å². The number of hydrogen-bond donors (Lipinski definition) is 3. The van der Waals surface area contributed by atoms with Crippen molar-refractivity contribution in [2.75, 3.05) is 0 Å². The molecular formula is C18H37NaO7P2. The molecule has 162 valence electrons. The Hall–Kier alpha value is 0.840. The van der Waals surface area contributed by atoms with Crippen molar-refractivity contribution in [3.05, 3.63) is 12.3 Å². The first kappa shape index (κ1) is 31.0. The van der Waals surface area contributed by atoms with Crippen LogP contribution in [0.4, 0.5) is 0 Å². The third kappa shape index (κ3) is 17.7. The normalized spacial score (nSPS) is 15.2. The van der Waals surface area contributed by atoms with Crippen LogP contribution in [0.15, 0.2) is 12.3 Å². The number of allylic oxidation sites excluding steroid dienone is 1. The first-order valence-electron chi connectivity index (χ1n) is 10.1. The third-order valence-corrected chi connectivity index (χ3v) is 7.70. The summed E-state index contributed by atoms with van der Waals surface area (Å²) in [5.41, 5.74) is -2.83. The van der Waals surface area contributed by atoms with Gasteiger partial charge in [-0.3, -0.25) is 9.13 Å². The molecule has 3 N–H and O–H groups in total. The molecule has 0 fully saturated rings. The molecule has 28 heavy (non-hydrogen) atoms. The molecule has 0 aromatic rings. The van der Waals surface area contributed by atoms with Crippen LogP contribution in [0, 0.1) is 0 Å². The van der Waals surface area contributed by atoms with E-state index in [1.807, 2.05) is 0 Å². The van der Waals surface area contributed by atoms with Crippen molar-refractivity contribution < 1.29 is 63.0 Å². The Bertz CT molecular complexity index is 483. The Kier molecular flexibility index (Phi) is 20.6. The maximum atomic E-state index is 11.3. The largest absolute Gasteiger partial charge is 1.00 e. The van der Waals surface area contributed by atoms with E-state index in [4.69, 9.17) is 14.9 Å². The summed E-state index contributed by atoms with van der Waals surface area (Å²) < 4.78 is 26.4. The van der Waals surface area contributed by atoms with Crippen molar-refractivity contribution in [3.8, 4) is 0 Å². The van der Waals surface area contributed by atoms with Gasteiger partial charge in [-0.15, -0.1) is 0 Å². The van der Waals surface area contributed by atoms with Gasteiger partial charge >= 0.3 is 37.2 Å². The monoisotopic (exact) mass is 450 g/mol. The molecule has 0 saturated carbocycles. The average Bonchev–Trinajstić information content (AvgIpc) is 2.60. The first-order chi connectivity index (χ1) is 12.7. The van der Waals surface area contributed by atoms with Gasteiger partial charge in [0.2, 0.25) is 13.2 Å². The zero-order chi connectivity index (χ0) is 20.6. The average molecular weight is 450 g/mol. The SMILES string of the molecule is CCCCCCCCCCCCCCCC=COP(=O)([O-])C(O)P(=O)(O)O.[Na+]. The van der Waals surface area contributed by atoms with E-state index in [0.29, 0.717) is 6.42 Å². The second-order valence-electron chi connectivity index (χ2n) is 6.98. The molecule has 0 aliphatic carbocycles. The summed E-state index contributed by atoms with van der Waals surface area (Å²) in [6.45, 7) is 2.23. The van der Waals surface area contributed by atoms with E-state index in [9.17, 15) is 14.0 Å². The van der Waals surface area contributed by atoms with Gasteiger partial charge in [0.05, 0.1) is 6.26 Å². The first-order valence-corrected chi connectivity index (χ1v) is 13.4. The van der Waals surface area contributed by atoms with Gasteiger partial charge in [-0.2, -0.15) is 0 Å². The van der Waals surface area contributed by atoms with Gasteiger partial charge in [-0.05, 0) is 18.9 Å². The van der Waals surface area contributed by atoms with Crippen LogP contribution in [0.1, 0.15) is 96.8 Å². The second-order valence-corrected chi connectivity index (χ2v) is 10.8. The maximum absolute atomic E-state index is 11.3. The standard InChI is InChI=1S/C18H38O7P2.Na/c1-2-3-4-5-6-7-8-9-10-11-12-13-14-15-16-17-25-27(23,24)18(19)26(20,21)22;/h16-19H,2-15H2,1H3,(H,23,24)(H2,20,21,22);/q;+1/p-1. The Labute approximate surface area is 192 Å². The number of unbranched alkanes of at least 4 members (excludes halogenated alkanes) is 13. The van der Waals surface area contributed by atoms with E-state index in [2.05, 4.69) is 11.4 Å². The summed E-state index contributed by atoms with van der Waals surface area (Å²) in [4.78, 5) is 28.6. The van der Waals surface area contributed by atoms with E-state index in [1.54, 1.807) is 0 Å². The smallest absolute Gasteiger partial charge is 0.767 e. The van der Waals surface area contributed by atoms with Gasteiger partial charge in [0.1, 0.15) is 0 Å². The predicted octanol–water partition coefficient (Wildman–Crippen LogP) is 2.01. The number of rotatable bonds is 18. The molecule has 0 amide bonds. The van der Waals surface area contributed by atoms with Crippen LogP contribution >= 0.6 is 15.2 Å². The zero-order valence-electron chi connectivity index (χ0n) is 17.5. The van der Waals surface area contributed by atoms with Gasteiger partial charge in [0.25, 0.3) is 0 Å². The van der Waals surface area contributed by atoms with E-state index in [0.717, 1.165) is 25.5 Å². The van der Waals surface area contributed by atoms with Gasteiger partial charge < -0.3 is 24.3 Å². The Morgan fingerprint density at radius 1 is 0.857 bits per heavy atom. The fraction of sp³-hybridized carbons (Fsp3) is 0.889. The second kappa shape index (κ2) is 18.6. The van der Waals surface area contributed by atoms with Crippen LogP contribution in [-0.2, 0) is 13.7 Å². The molecule has 2 atom stereocenters. The van der Waals surface area contributed by atoms with Crippen molar-refractivity contribution in [1.82, 2.24) is 0 Å². The quantitative estimate of drug-likeness (QED) is 0.126. The van der Waals surface area contributed by atoms with Crippen molar-refractivity contribution in [2.45, 2.75) is 102 Å². The molecule has 2 unspecified atom stereocenters. The van der Waals surface area contributed by atoms with E-state index in [1.165, 1.54) is 70.3 Å². The summed E-state index contributed by atoms with van der Waals surface area (Å²) in [7, 11) is -10.2. The molecule has 0 heterocycles. The number of aliphatic hydroxyl groups is 1. The molecule has 0 aliphatic rings. The number of aliphatic hydroxyl groups excluding tert-OH is 1. The minimum absolute atomic E-state index is 0. The van der Waals surface area contributed by atoms with Gasteiger partial charge in [-0.25, -0.2) is 0 Å². The zero-order valence-corrected chi connectivity index (χ0v) is 21.3. The summed E-state index contributed by atoms with van der Waals surface area (Å²) >= 11 is 0. The van der Waals surface area contributed by atoms with E-state index < -0.39 is 20.8 Å². The molecule has 0 rings (SSSR count). The fourth-order valence-electron chi connectivity index (χ4n) is 2.71. The molecule has 0 saturated heterocycles. The molecule has 0 radical (unpaired) electrons. The molecule has 0 spiro atoms. The third-order valence-electron chi connectivity index (χ3n) is 4.36. The molecule has 0 bridgehead atoms. The van der Waals surface area contributed by atoms with Crippen molar-refractivity contribution in [1.29, 1.82) is 0 Å². The molecule has 7 nitrogen and oxygen atoms in total. The summed E-state index contributed by atoms with van der Waals surface area (Å²) in [5.74, 6) is 0. The van der Waals surface area contributed by atoms with Crippen LogP contribution in [0.5, 0.6) is 0 Å². The van der Waals surface area contributed by atoms with Crippen LogP contribution in [-0.4, -0.2) is 20.5 Å². The molecule has 10 heteroatoms. The van der Waals surface area contributed by atoms with Gasteiger partial charge in [-0.1, -0.05) is 84.0 Å². The van der Waals surface area contributed by atoms with Crippen molar-refractivity contribution >= 4 is 15.2 Å². The number of hydrogen-bond acceptors (Lipinski definition) is 5. The Morgan fingerprint density at radius 2 is 1.25 bits per heavy atom. The van der Waals surface area contributed by atoms with Crippen molar-refractivity contribution in [2.24, 2.45) is 0 Å². The summed E-state index contributed by atoms with van der Waals surface area (Å²) in [6, 6.07) is 0.